The van der Waals surface area contributed by atoms with Crippen LogP contribution in [0.25, 0.3) is 0 Å². The third-order valence-electron chi connectivity index (χ3n) is 3.57. The van der Waals surface area contributed by atoms with Gasteiger partial charge < -0.3 is 10.2 Å². The lowest BCUT2D eigenvalue weighted by Gasteiger charge is -2.22. The number of amides is 2. The van der Waals surface area contributed by atoms with Crippen molar-refractivity contribution >= 4 is 11.8 Å². The van der Waals surface area contributed by atoms with Gasteiger partial charge in [-0.3, -0.25) is 14.5 Å². The van der Waals surface area contributed by atoms with E-state index >= 15 is 0 Å². The van der Waals surface area contributed by atoms with E-state index in [0.717, 1.165) is 24.9 Å². The predicted octanol–water partition coefficient (Wildman–Crippen LogP) is 1.74. The quantitative estimate of drug-likeness (QED) is 0.796. The van der Waals surface area contributed by atoms with Crippen LogP contribution >= 0.6 is 0 Å². The Labute approximate surface area is 133 Å². The highest BCUT2D eigenvalue weighted by Gasteiger charge is 2.11. The van der Waals surface area contributed by atoms with Gasteiger partial charge in [-0.15, -0.1) is 0 Å². The van der Waals surface area contributed by atoms with Gasteiger partial charge >= 0.3 is 0 Å². The number of benzene rings is 1. The molecule has 1 aromatic rings. The molecule has 1 N–H and O–H groups in total. The molecular weight excluding hydrogens is 278 g/mol. The zero-order valence-corrected chi connectivity index (χ0v) is 14.1. The molecule has 0 saturated heterocycles. The van der Waals surface area contributed by atoms with Gasteiger partial charge in [-0.05, 0) is 31.2 Å². The number of unbranched alkanes of at least 4 members (excludes halogenated alkanes) is 1. The summed E-state index contributed by atoms with van der Waals surface area (Å²) >= 11 is 0. The van der Waals surface area contributed by atoms with Gasteiger partial charge in [0.05, 0.1) is 6.54 Å². The summed E-state index contributed by atoms with van der Waals surface area (Å²) in [4.78, 5) is 27.3. The first-order valence-electron chi connectivity index (χ1n) is 7.71. The second-order valence-electron chi connectivity index (χ2n) is 5.62. The van der Waals surface area contributed by atoms with E-state index < -0.39 is 0 Å². The van der Waals surface area contributed by atoms with Crippen molar-refractivity contribution in [3.05, 3.63) is 35.4 Å². The summed E-state index contributed by atoms with van der Waals surface area (Å²) in [6.45, 7) is 4.01. The van der Waals surface area contributed by atoms with Crippen LogP contribution < -0.4 is 5.32 Å². The Morgan fingerprint density at radius 2 is 1.77 bits per heavy atom. The van der Waals surface area contributed by atoms with Crippen molar-refractivity contribution in [1.82, 2.24) is 15.1 Å². The van der Waals surface area contributed by atoms with E-state index in [1.54, 1.807) is 24.1 Å². The van der Waals surface area contributed by atoms with Gasteiger partial charge in [-0.2, -0.15) is 0 Å². The highest BCUT2D eigenvalue weighted by molar-refractivity contribution is 5.93. The Morgan fingerprint density at radius 1 is 1.14 bits per heavy atom. The minimum Gasteiger partial charge on any atom is -0.355 e. The van der Waals surface area contributed by atoms with E-state index in [9.17, 15) is 9.59 Å². The summed E-state index contributed by atoms with van der Waals surface area (Å²) < 4.78 is 0. The number of nitrogens with one attached hydrogen (secondary N) is 1. The van der Waals surface area contributed by atoms with Gasteiger partial charge in [0, 0.05) is 32.7 Å². The first-order chi connectivity index (χ1) is 10.5. The average molecular weight is 305 g/mol. The molecule has 1 rings (SSSR count). The third kappa shape index (κ3) is 5.85. The van der Waals surface area contributed by atoms with Crippen molar-refractivity contribution in [2.45, 2.75) is 26.3 Å². The Bertz CT molecular complexity index is 485. The highest BCUT2D eigenvalue weighted by Crippen LogP contribution is 2.07. The number of likely N-dealkylation sites (N-methyl/N-ethyl adjacent to an activating group) is 2. The van der Waals surface area contributed by atoms with Crippen LogP contribution in [0.2, 0.25) is 0 Å². The van der Waals surface area contributed by atoms with E-state index in [1.165, 1.54) is 0 Å². The van der Waals surface area contributed by atoms with Crippen molar-refractivity contribution in [1.29, 1.82) is 0 Å². The van der Waals surface area contributed by atoms with Crippen LogP contribution in [0.15, 0.2) is 24.3 Å². The van der Waals surface area contributed by atoms with E-state index in [-0.39, 0.29) is 11.8 Å². The standard InChI is InChI=1S/C17H27N3O2/c1-5-6-11-20(4)16(21)13-19(3)12-14-7-9-15(10-8-14)17(22)18-2/h7-10H,5-6,11-13H2,1-4H3,(H,18,22). The lowest BCUT2D eigenvalue weighted by molar-refractivity contribution is -0.131. The maximum Gasteiger partial charge on any atom is 0.251 e. The molecule has 22 heavy (non-hydrogen) atoms. The summed E-state index contributed by atoms with van der Waals surface area (Å²) in [5.74, 6) is 0.0468. The van der Waals surface area contributed by atoms with Crippen molar-refractivity contribution in [3.63, 3.8) is 0 Å². The van der Waals surface area contributed by atoms with Gasteiger partial charge in [-0.1, -0.05) is 25.5 Å². The van der Waals surface area contributed by atoms with Crippen LogP contribution in [0, 0.1) is 0 Å². The lowest BCUT2D eigenvalue weighted by Crippen LogP contribution is -2.36. The molecule has 122 valence electrons. The fourth-order valence-electron chi connectivity index (χ4n) is 2.15. The summed E-state index contributed by atoms with van der Waals surface area (Å²) in [6.07, 6.45) is 2.12. The molecule has 0 aliphatic rings. The number of hydrogen-bond acceptors (Lipinski definition) is 3. The molecule has 0 aliphatic carbocycles. The largest absolute Gasteiger partial charge is 0.355 e. The molecule has 0 fully saturated rings. The molecule has 1 aromatic carbocycles. The van der Waals surface area contributed by atoms with Crippen LogP contribution in [-0.2, 0) is 11.3 Å². The van der Waals surface area contributed by atoms with Crippen molar-refractivity contribution < 1.29 is 9.59 Å². The predicted molar refractivity (Wildman–Crippen MR) is 88.7 cm³/mol. The minimum atomic E-state index is -0.0902. The fourth-order valence-corrected chi connectivity index (χ4v) is 2.15. The number of nitrogens with zero attached hydrogens (tertiary/aromatic N) is 2. The van der Waals surface area contributed by atoms with Gasteiger partial charge in [0.1, 0.15) is 0 Å². The average Bonchev–Trinajstić information content (AvgIpc) is 2.52. The van der Waals surface area contributed by atoms with Crippen molar-refractivity contribution in [2.75, 3.05) is 34.2 Å². The number of hydrogen-bond donors (Lipinski definition) is 1. The van der Waals surface area contributed by atoms with E-state index in [2.05, 4.69) is 12.2 Å². The van der Waals surface area contributed by atoms with Crippen LogP contribution in [0.3, 0.4) is 0 Å². The Balaban J connectivity index is 2.49. The van der Waals surface area contributed by atoms with Crippen LogP contribution in [-0.4, -0.2) is 55.8 Å². The van der Waals surface area contributed by atoms with Crippen molar-refractivity contribution in [2.24, 2.45) is 0 Å². The topological polar surface area (TPSA) is 52.7 Å². The molecule has 0 bridgehead atoms. The number of rotatable bonds is 8. The van der Waals surface area contributed by atoms with Crippen LogP contribution in [0.5, 0.6) is 0 Å². The Kier molecular flexibility index (Phi) is 7.60. The first-order valence-corrected chi connectivity index (χ1v) is 7.71. The molecule has 0 saturated carbocycles. The number of carbonyl (C=O) groups excluding carboxylic acids is 2. The Morgan fingerprint density at radius 3 is 2.32 bits per heavy atom. The van der Waals surface area contributed by atoms with Gasteiger partial charge in [0.25, 0.3) is 5.91 Å². The summed E-state index contributed by atoms with van der Waals surface area (Å²) in [7, 11) is 5.40. The first kappa shape index (κ1) is 18.2. The maximum absolute atomic E-state index is 12.1. The normalized spacial score (nSPS) is 10.6. The molecule has 5 nitrogen and oxygen atoms in total. The van der Waals surface area contributed by atoms with Crippen LogP contribution in [0.1, 0.15) is 35.7 Å². The minimum absolute atomic E-state index is 0.0902. The molecule has 0 aromatic heterocycles. The van der Waals surface area contributed by atoms with E-state index in [1.807, 2.05) is 31.1 Å². The lowest BCUT2D eigenvalue weighted by atomic mass is 10.1. The highest BCUT2D eigenvalue weighted by atomic mass is 16.2. The molecule has 0 spiro atoms. The zero-order chi connectivity index (χ0) is 16.5. The molecule has 0 aliphatic heterocycles. The summed E-state index contributed by atoms with van der Waals surface area (Å²) in [6, 6.07) is 7.45. The molecule has 0 atom stereocenters. The monoisotopic (exact) mass is 305 g/mol. The van der Waals surface area contributed by atoms with Crippen LogP contribution in [0.4, 0.5) is 0 Å². The molecule has 0 radical (unpaired) electrons. The number of carbonyl (C=O) groups is 2. The van der Waals surface area contributed by atoms with Crippen molar-refractivity contribution in [3.8, 4) is 0 Å². The van der Waals surface area contributed by atoms with E-state index in [0.29, 0.717) is 18.7 Å². The fraction of sp³-hybridized carbons (Fsp3) is 0.529. The maximum atomic E-state index is 12.1. The smallest absolute Gasteiger partial charge is 0.251 e. The SMILES string of the molecule is CCCCN(C)C(=O)CN(C)Cc1ccc(C(=O)NC)cc1. The molecule has 5 heteroatoms. The van der Waals surface area contributed by atoms with Gasteiger partial charge in [0.2, 0.25) is 5.91 Å². The molecular formula is C17H27N3O2. The summed E-state index contributed by atoms with van der Waals surface area (Å²) in [5.41, 5.74) is 1.73. The molecule has 0 unspecified atom stereocenters. The molecule has 2 amide bonds. The molecule has 0 heterocycles. The Hall–Kier alpha value is -1.88. The second kappa shape index (κ2) is 9.20. The zero-order valence-electron chi connectivity index (χ0n) is 14.1. The van der Waals surface area contributed by atoms with E-state index in [4.69, 9.17) is 0 Å². The van der Waals surface area contributed by atoms with Gasteiger partial charge in [-0.25, -0.2) is 0 Å². The second-order valence-corrected chi connectivity index (χ2v) is 5.62. The van der Waals surface area contributed by atoms with Gasteiger partial charge in [0.15, 0.2) is 0 Å². The summed E-state index contributed by atoms with van der Waals surface area (Å²) in [5, 5.41) is 2.60. The third-order valence-corrected chi connectivity index (χ3v) is 3.57.